The van der Waals surface area contributed by atoms with E-state index >= 15 is 0 Å². The van der Waals surface area contributed by atoms with Crippen molar-refractivity contribution in [1.82, 2.24) is 19.9 Å². The minimum Gasteiger partial charge on any atom is -0.368 e. The molecule has 0 aliphatic carbocycles. The Kier molecular flexibility index (Phi) is 3.74. The van der Waals surface area contributed by atoms with Crippen molar-refractivity contribution in [1.29, 1.82) is 0 Å². The van der Waals surface area contributed by atoms with Crippen LogP contribution in [0.25, 0.3) is 11.2 Å². The predicted molar refractivity (Wildman–Crippen MR) is 78.1 cm³/mol. The van der Waals surface area contributed by atoms with Gasteiger partial charge in [0.15, 0.2) is 11.5 Å². The number of fused-ring (bicyclic) bond motifs is 1. The maximum atomic E-state index is 12.9. The van der Waals surface area contributed by atoms with Crippen molar-refractivity contribution in [2.75, 3.05) is 11.9 Å². The molecule has 0 aliphatic rings. The lowest BCUT2D eigenvalue weighted by molar-refractivity contribution is 0.622. The molecule has 2 aromatic heterocycles. The maximum absolute atomic E-state index is 12.9. The van der Waals surface area contributed by atoms with Crippen molar-refractivity contribution >= 4 is 17.0 Å². The van der Waals surface area contributed by atoms with Gasteiger partial charge in [-0.15, -0.1) is 0 Å². The zero-order valence-corrected chi connectivity index (χ0v) is 11.3. The topological polar surface area (TPSA) is 92.5 Å². The minimum atomic E-state index is -0.258. The second-order valence-electron chi connectivity index (χ2n) is 4.70. The van der Waals surface area contributed by atoms with Gasteiger partial charge in [0, 0.05) is 12.6 Å². The van der Waals surface area contributed by atoms with Gasteiger partial charge in [0.05, 0.1) is 6.33 Å². The molecule has 3 rings (SSSR count). The Morgan fingerprint density at radius 3 is 2.81 bits per heavy atom. The van der Waals surface area contributed by atoms with Crippen LogP contribution in [0, 0.1) is 5.82 Å². The predicted octanol–water partition coefficient (Wildman–Crippen LogP) is 1.99. The number of anilines is 1. The van der Waals surface area contributed by atoms with E-state index in [9.17, 15) is 4.39 Å². The van der Waals surface area contributed by atoms with E-state index in [2.05, 4.69) is 25.3 Å². The van der Waals surface area contributed by atoms with Gasteiger partial charge in [-0.3, -0.25) is 0 Å². The van der Waals surface area contributed by atoms with Gasteiger partial charge in [0.2, 0.25) is 0 Å². The Morgan fingerprint density at radius 1 is 1.19 bits per heavy atom. The zero-order valence-electron chi connectivity index (χ0n) is 11.3. The molecule has 108 valence electrons. The Labute approximate surface area is 120 Å². The Morgan fingerprint density at radius 2 is 2.00 bits per heavy atom. The van der Waals surface area contributed by atoms with Crippen molar-refractivity contribution in [3.8, 4) is 0 Å². The van der Waals surface area contributed by atoms with Crippen molar-refractivity contribution in [3.63, 3.8) is 0 Å². The molecule has 0 radical (unpaired) electrons. The summed E-state index contributed by atoms with van der Waals surface area (Å²) in [7, 11) is 0. The summed E-state index contributed by atoms with van der Waals surface area (Å²) in [5.41, 5.74) is 8.38. The summed E-state index contributed by atoms with van der Waals surface area (Å²) >= 11 is 0. The van der Waals surface area contributed by atoms with E-state index in [0.717, 1.165) is 5.56 Å². The van der Waals surface area contributed by atoms with Crippen LogP contribution in [0.3, 0.4) is 0 Å². The van der Waals surface area contributed by atoms with Gasteiger partial charge in [-0.05, 0) is 24.1 Å². The average molecular weight is 286 g/mol. The molecule has 0 saturated heterocycles. The van der Waals surface area contributed by atoms with Gasteiger partial charge in [-0.2, -0.15) is 0 Å². The number of imidazole rings is 1. The first-order valence-electron chi connectivity index (χ1n) is 6.63. The first-order chi connectivity index (χ1) is 10.2. The summed E-state index contributed by atoms with van der Waals surface area (Å²) in [5.74, 6) is 0.415. The Balaban J connectivity index is 1.61. The molecule has 7 heteroatoms. The van der Waals surface area contributed by atoms with E-state index in [1.54, 1.807) is 18.5 Å². The van der Waals surface area contributed by atoms with Crippen molar-refractivity contribution in [2.24, 2.45) is 5.73 Å². The smallest absolute Gasteiger partial charge is 0.162 e. The third kappa shape index (κ3) is 2.97. The number of nitrogens with one attached hydrogen (secondary N) is 2. The molecule has 0 fully saturated rings. The van der Waals surface area contributed by atoms with Crippen LogP contribution in [-0.2, 0) is 0 Å². The highest BCUT2D eigenvalue weighted by molar-refractivity contribution is 5.81. The minimum absolute atomic E-state index is 0.158. The molecule has 0 spiro atoms. The fourth-order valence-corrected chi connectivity index (χ4v) is 2.12. The first-order valence-corrected chi connectivity index (χ1v) is 6.63. The molecule has 0 bridgehead atoms. The molecule has 4 N–H and O–H groups in total. The molecule has 0 saturated carbocycles. The lowest BCUT2D eigenvalue weighted by atomic mass is 10.0. The Bertz CT molecular complexity index is 724. The number of hydrogen-bond donors (Lipinski definition) is 3. The summed E-state index contributed by atoms with van der Waals surface area (Å²) in [4.78, 5) is 15.3. The van der Waals surface area contributed by atoms with E-state index in [-0.39, 0.29) is 11.9 Å². The van der Waals surface area contributed by atoms with E-state index < -0.39 is 0 Å². The van der Waals surface area contributed by atoms with E-state index in [1.165, 1.54) is 18.5 Å². The number of H-pyrrole nitrogens is 1. The normalized spacial score (nSPS) is 12.5. The van der Waals surface area contributed by atoms with Crippen LogP contribution >= 0.6 is 0 Å². The van der Waals surface area contributed by atoms with E-state index in [4.69, 9.17) is 5.73 Å². The van der Waals surface area contributed by atoms with Crippen LogP contribution < -0.4 is 11.1 Å². The van der Waals surface area contributed by atoms with Gasteiger partial charge in [-0.25, -0.2) is 19.3 Å². The van der Waals surface area contributed by atoms with E-state index in [0.29, 0.717) is 29.9 Å². The van der Waals surface area contributed by atoms with Crippen LogP contribution in [0.5, 0.6) is 0 Å². The third-order valence-corrected chi connectivity index (χ3v) is 3.26. The van der Waals surface area contributed by atoms with Crippen LogP contribution in [0.4, 0.5) is 10.2 Å². The second-order valence-corrected chi connectivity index (χ2v) is 4.70. The molecule has 0 aliphatic heterocycles. The molecule has 2 heterocycles. The Hall–Kier alpha value is -2.54. The summed E-state index contributed by atoms with van der Waals surface area (Å²) in [5, 5.41) is 3.20. The summed E-state index contributed by atoms with van der Waals surface area (Å²) in [6.07, 6.45) is 3.75. The van der Waals surface area contributed by atoms with Gasteiger partial charge < -0.3 is 16.0 Å². The third-order valence-electron chi connectivity index (χ3n) is 3.26. The van der Waals surface area contributed by atoms with Crippen molar-refractivity contribution in [3.05, 3.63) is 48.3 Å². The average Bonchev–Trinajstić information content (AvgIpc) is 2.97. The molecule has 1 aromatic carbocycles. The number of aromatic amines is 1. The first kappa shape index (κ1) is 13.4. The number of aromatic nitrogens is 4. The van der Waals surface area contributed by atoms with Crippen LogP contribution in [0.2, 0.25) is 0 Å². The number of halogens is 1. The quantitative estimate of drug-likeness (QED) is 0.667. The highest BCUT2D eigenvalue weighted by Crippen LogP contribution is 2.17. The SMILES string of the molecule is NC(CCNc1ncnc2[nH]cnc12)c1ccc(F)cc1. The molecule has 1 unspecified atom stereocenters. The molecular weight excluding hydrogens is 271 g/mol. The second kappa shape index (κ2) is 5.84. The monoisotopic (exact) mass is 286 g/mol. The summed E-state index contributed by atoms with van der Waals surface area (Å²) in [6.45, 7) is 0.636. The van der Waals surface area contributed by atoms with Crippen LogP contribution in [0.1, 0.15) is 18.0 Å². The highest BCUT2D eigenvalue weighted by atomic mass is 19.1. The summed E-state index contributed by atoms with van der Waals surface area (Å²) in [6, 6.07) is 6.09. The molecular formula is C14H15FN6. The molecule has 6 nitrogen and oxygen atoms in total. The molecule has 21 heavy (non-hydrogen) atoms. The van der Waals surface area contributed by atoms with E-state index in [1.807, 2.05) is 0 Å². The van der Waals surface area contributed by atoms with Gasteiger partial charge in [0.1, 0.15) is 17.7 Å². The van der Waals surface area contributed by atoms with Crippen molar-refractivity contribution in [2.45, 2.75) is 12.5 Å². The lowest BCUT2D eigenvalue weighted by Gasteiger charge is -2.13. The van der Waals surface area contributed by atoms with Crippen molar-refractivity contribution < 1.29 is 4.39 Å². The molecule has 1 atom stereocenters. The summed E-state index contributed by atoms with van der Waals surface area (Å²) < 4.78 is 12.9. The number of rotatable bonds is 5. The van der Waals surface area contributed by atoms with Crippen LogP contribution in [-0.4, -0.2) is 26.5 Å². The van der Waals surface area contributed by atoms with Gasteiger partial charge >= 0.3 is 0 Å². The zero-order chi connectivity index (χ0) is 14.7. The number of benzene rings is 1. The number of hydrogen-bond acceptors (Lipinski definition) is 5. The maximum Gasteiger partial charge on any atom is 0.162 e. The van der Waals surface area contributed by atoms with Gasteiger partial charge in [-0.1, -0.05) is 12.1 Å². The number of nitrogens with two attached hydrogens (primary N) is 1. The largest absolute Gasteiger partial charge is 0.368 e. The lowest BCUT2D eigenvalue weighted by Crippen LogP contribution is -2.15. The molecule has 3 aromatic rings. The molecule has 0 amide bonds. The fourth-order valence-electron chi connectivity index (χ4n) is 2.12. The standard InChI is InChI=1S/C14H15FN6/c15-10-3-1-9(2-4-10)11(16)5-6-17-13-12-14(19-7-18-12)21-8-20-13/h1-4,7-8,11H,5-6,16H2,(H2,17,18,19,20,21). The van der Waals surface area contributed by atoms with Gasteiger partial charge in [0.25, 0.3) is 0 Å². The number of nitrogens with zero attached hydrogens (tertiary/aromatic N) is 3. The fraction of sp³-hybridized carbons (Fsp3) is 0.214. The van der Waals surface area contributed by atoms with Crippen LogP contribution in [0.15, 0.2) is 36.9 Å². The highest BCUT2D eigenvalue weighted by Gasteiger charge is 2.08.